The third-order valence-electron chi connectivity index (χ3n) is 2.70. The van der Waals surface area contributed by atoms with Gasteiger partial charge in [0.05, 0.1) is 6.20 Å². The molecule has 2 aromatic heterocycles. The zero-order valence-electron chi connectivity index (χ0n) is 10.6. The number of carboxylic acid groups (broad SMARTS) is 1. The van der Waals surface area contributed by atoms with Crippen LogP contribution in [0.2, 0.25) is 0 Å². The van der Waals surface area contributed by atoms with E-state index in [0.29, 0.717) is 6.42 Å². The van der Waals surface area contributed by atoms with Gasteiger partial charge in [0.25, 0.3) is 10.0 Å². The SMILES string of the molecule is Cn1nccc1CCNS(=O)(=O)c1[nH]ncc1C(=O)O. The van der Waals surface area contributed by atoms with Crippen LogP contribution in [0.3, 0.4) is 0 Å². The lowest BCUT2D eigenvalue weighted by molar-refractivity contribution is 0.0692. The van der Waals surface area contributed by atoms with Gasteiger partial charge < -0.3 is 5.11 Å². The maximum absolute atomic E-state index is 12.0. The number of hydrogen-bond acceptors (Lipinski definition) is 5. The average Bonchev–Trinajstić information content (AvgIpc) is 2.98. The predicted molar refractivity (Wildman–Crippen MR) is 67.6 cm³/mol. The molecule has 3 N–H and O–H groups in total. The van der Waals surface area contributed by atoms with Gasteiger partial charge in [-0.2, -0.15) is 10.2 Å². The van der Waals surface area contributed by atoms with Gasteiger partial charge in [-0.15, -0.1) is 0 Å². The number of sulfonamides is 1. The molecule has 0 radical (unpaired) electrons. The quantitative estimate of drug-likeness (QED) is 0.650. The monoisotopic (exact) mass is 299 g/mol. The molecule has 2 heterocycles. The Hall–Kier alpha value is -2.20. The summed E-state index contributed by atoms with van der Waals surface area (Å²) < 4.78 is 27.9. The lowest BCUT2D eigenvalue weighted by Crippen LogP contribution is -2.28. The van der Waals surface area contributed by atoms with Crippen LogP contribution in [0, 0.1) is 0 Å². The summed E-state index contributed by atoms with van der Waals surface area (Å²) in [7, 11) is -2.19. The van der Waals surface area contributed by atoms with E-state index in [2.05, 4.69) is 20.0 Å². The maximum Gasteiger partial charge on any atom is 0.340 e. The molecule has 20 heavy (non-hydrogen) atoms. The smallest absolute Gasteiger partial charge is 0.340 e. The highest BCUT2D eigenvalue weighted by Crippen LogP contribution is 2.11. The molecule has 0 spiro atoms. The molecular formula is C10H13N5O4S. The molecular weight excluding hydrogens is 286 g/mol. The van der Waals surface area contributed by atoms with Gasteiger partial charge in [0, 0.05) is 31.9 Å². The molecule has 0 fully saturated rings. The molecule has 0 saturated heterocycles. The Morgan fingerprint density at radius 2 is 2.30 bits per heavy atom. The number of aromatic carboxylic acids is 1. The van der Waals surface area contributed by atoms with Crippen molar-refractivity contribution in [1.82, 2.24) is 24.7 Å². The zero-order valence-corrected chi connectivity index (χ0v) is 11.4. The number of carboxylic acids is 1. The van der Waals surface area contributed by atoms with E-state index in [1.54, 1.807) is 24.0 Å². The first-order chi connectivity index (χ1) is 9.42. The molecule has 0 aliphatic rings. The van der Waals surface area contributed by atoms with E-state index < -0.39 is 26.6 Å². The lowest BCUT2D eigenvalue weighted by atomic mass is 10.3. The minimum atomic E-state index is -3.94. The summed E-state index contributed by atoms with van der Waals surface area (Å²) >= 11 is 0. The van der Waals surface area contributed by atoms with Gasteiger partial charge in [-0.1, -0.05) is 0 Å². The number of rotatable bonds is 6. The Morgan fingerprint density at radius 3 is 2.90 bits per heavy atom. The average molecular weight is 299 g/mol. The van der Waals surface area contributed by atoms with Crippen molar-refractivity contribution in [3.05, 3.63) is 29.7 Å². The summed E-state index contributed by atoms with van der Waals surface area (Å²) in [6.07, 6.45) is 3.01. The van der Waals surface area contributed by atoms with Crippen molar-refractivity contribution in [2.24, 2.45) is 7.05 Å². The van der Waals surface area contributed by atoms with E-state index in [9.17, 15) is 13.2 Å². The second kappa shape index (κ2) is 5.43. The molecule has 0 aliphatic carbocycles. The standard InChI is InChI=1S/C10H13N5O4S/c1-15-7(2-4-12-15)3-5-13-20(18,19)9-8(10(16)17)6-11-14-9/h2,4,6,13H,3,5H2,1H3,(H,11,14)(H,16,17). The summed E-state index contributed by atoms with van der Waals surface area (Å²) in [5.41, 5.74) is 0.466. The highest BCUT2D eigenvalue weighted by Gasteiger charge is 2.24. The van der Waals surface area contributed by atoms with Gasteiger partial charge in [-0.05, 0) is 6.07 Å². The van der Waals surface area contributed by atoms with Crippen molar-refractivity contribution in [3.8, 4) is 0 Å². The Labute approximate surface area is 114 Å². The van der Waals surface area contributed by atoms with Gasteiger partial charge in [0.15, 0.2) is 5.03 Å². The van der Waals surface area contributed by atoms with Crippen LogP contribution in [-0.2, 0) is 23.5 Å². The number of nitrogens with one attached hydrogen (secondary N) is 2. The highest BCUT2D eigenvalue weighted by molar-refractivity contribution is 7.89. The van der Waals surface area contributed by atoms with E-state index in [0.717, 1.165) is 11.9 Å². The normalized spacial score (nSPS) is 11.7. The summed E-state index contributed by atoms with van der Waals surface area (Å²) in [6, 6.07) is 1.77. The van der Waals surface area contributed by atoms with Crippen LogP contribution in [0.4, 0.5) is 0 Å². The van der Waals surface area contributed by atoms with Crippen LogP contribution < -0.4 is 4.72 Å². The van der Waals surface area contributed by atoms with Gasteiger partial charge in [-0.25, -0.2) is 17.9 Å². The van der Waals surface area contributed by atoms with Gasteiger partial charge in [-0.3, -0.25) is 9.78 Å². The summed E-state index contributed by atoms with van der Waals surface area (Å²) in [5.74, 6) is -1.36. The molecule has 0 atom stereocenters. The molecule has 9 nitrogen and oxygen atoms in total. The first-order valence-corrected chi connectivity index (χ1v) is 7.13. The Bertz CT molecular complexity index is 718. The summed E-state index contributed by atoms with van der Waals surface area (Å²) in [5, 5.41) is 18.0. The third-order valence-corrected chi connectivity index (χ3v) is 4.13. The maximum atomic E-state index is 12.0. The van der Waals surface area contributed by atoms with Crippen LogP contribution in [0.1, 0.15) is 16.1 Å². The second-order valence-corrected chi connectivity index (χ2v) is 5.72. The number of H-pyrrole nitrogens is 1. The van der Waals surface area contributed by atoms with E-state index in [4.69, 9.17) is 5.11 Å². The fourth-order valence-corrected chi connectivity index (χ4v) is 2.78. The van der Waals surface area contributed by atoms with Crippen LogP contribution in [-0.4, -0.2) is 46.0 Å². The van der Waals surface area contributed by atoms with Crippen molar-refractivity contribution < 1.29 is 18.3 Å². The van der Waals surface area contributed by atoms with Crippen LogP contribution in [0.25, 0.3) is 0 Å². The van der Waals surface area contributed by atoms with E-state index in [-0.39, 0.29) is 6.54 Å². The first kappa shape index (κ1) is 14.2. The lowest BCUT2D eigenvalue weighted by Gasteiger charge is -2.06. The summed E-state index contributed by atoms with van der Waals surface area (Å²) in [6.45, 7) is 0.125. The molecule has 0 bridgehead atoms. The number of carbonyl (C=O) groups is 1. The molecule has 0 aromatic carbocycles. The van der Waals surface area contributed by atoms with Crippen molar-refractivity contribution >= 4 is 16.0 Å². The minimum Gasteiger partial charge on any atom is -0.478 e. The van der Waals surface area contributed by atoms with Gasteiger partial charge in [0.2, 0.25) is 0 Å². The second-order valence-electron chi connectivity index (χ2n) is 4.01. The largest absolute Gasteiger partial charge is 0.478 e. The zero-order chi connectivity index (χ0) is 14.8. The minimum absolute atomic E-state index is 0.125. The predicted octanol–water partition coefficient (Wildman–Crippen LogP) is -0.638. The number of aromatic amines is 1. The van der Waals surface area contributed by atoms with Crippen molar-refractivity contribution in [1.29, 1.82) is 0 Å². The topological polar surface area (TPSA) is 130 Å². The van der Waals surface area contributed by atoms with E-state index in [1.807, 2.05) is 0 Å². The molecule has 0 unspecified atom stereocenters. The Morgan fingerprint density at radius 1 is 1.55 bits per heavy atom. The molecule has 2 aromatic rings. The Kier molecular flexibility index (Phi) is 3.86. The first-order valence-electron chi connectivity index (χ1n) is 5.65. The highest BCUT2D eigenvalue weighted by atomic mass is 32.2. The molecule has 0 amide bonds. The van der Waals surface area contributed by atoms with E-state index in [1.165, 1.54) is 0 Å². The number of hydrogen-bond donors (Lipinski definition) is 3. The fraction of sp³-hybridized carbons (Fsp3) is 0.300. The molecule has 0 aliphatic heterocycles. The number of aryl methyl sites for hydroxylation is 1. The van der Waals surface area contributed by atoms with Crippen molar-refractivity contribution in [2.75, 3.05) is 6.54 Å². The van der Waals surface area contributed by atoms with Gasteiger partial charge in [0.1, 0.15) is 5.56 Å². The number of nitrogens with zero attached hydrogens (tertiary/aromatic N) is 3. The van der Waals surface area contributed by atoms with Crippen LogP contribution >= 0.6 is 0 Å². The molecule has 2 rings (SSSR count). The third kappa shape index (κ3) is 2.86. The van der Waals surface area contributed by atoms with Crippen LogP contribution in [0.15, 0.2) is 23.5 Å². The molecule has 10 heteroatoms. The number of aromatic nitrogens is 4. The van der Waals surface area contributed by atoms with Gasteiger partial charge >= 0.3 is 5.97 Å². The fourth-order valence-electron chi connectivity index (χ4n) is 1.66. The molecule has 0 saturated carbocycles. The summed E-state index contributed by atoms with van der Waals surface area (Å²) in [4.78, 5) is 10.9. The van der Waals surface area contributed by atoms with Crippen LogP contribution in [0.5, 0.6) is 0 Å². The van der Waals surface area contributed by atoms with Crippen molar-refractivity contribution in [2.45, 2.75) is 11.4 Å². The Balaban J connectivity index is 2.06. The van der Waals surface area contributed by atoms with E-state index >= 15 is 0 Å². The van der Waals surface area contributed by atoms with Crippen molar-refractivity contribution in [3.63, 3.8) is 0 Å². The molecule has 108 valence electrons.